The van der Waals surface area contributed by atoms with Crippen LogP contribution in [0.4, 0.5) is 5.95 Å². The van der Waals surface area contributed by atoms with E-state index in [0.717, 1.165) is 42.0 Å². The predicted octanol–water partition coefficient (Wildman–Crippen LogP) is 1.67. The molecule has 0 saturated carbocycles. The molecule has 0 amide bonds. The van der Waals surface area contributed by atoms with Crippen molar-refractivity contribution in [1.82, 2.24) is 19.6 Å². The predicted molar refractivity (Wildman–Crippen MR) is 63.3 cm³/mol. The zero-order chi connectivity index (χ0) is 11.7. The number of rotatable bonds is 3. The standard InChI is InChI=1S/C11H17N5/c1-4-5-6-9-14-10-7(2)8(3)13-11(12)16(10)15-9/h4-6H2,1-3H3,(H2,12,13). The summed E-state index contributed by atoms with van der Waals surface area (Å²) in [5, 5.41) is 4.37. The van der Waals surface area contributed by atoms with Gasteiger partial charge in [-0.3, -0.25) is 0 Å². The first-order chi connectivity index (χ1) is 7.63. The summed E-state index contributed by atoms with van der Waals surface area (Å²) in [6, 6.07) is 0. The third kappa shape index (κ3) is 1.73. The van der Waals surface area contributed by atoms with Crippen molar-refractivity contribution in [1.29, 1.82) is 0 Å². The van der Waals surface area contributed by atoms with Crippen LogP contribution in [0.2, 0.25) is 0 Å². The molecule has 0 radical (unpaired) electrons. The van der Waals surface area contributed by atoms with E-state index in [1.807, 2.05) is 13.8 Å². The van der Waals surface area contributed by atoms with Crippen LogP contribution in [0.3, 0.4) is 0 Å². The fourth-order valence-corrected chi connectivity index (χ4v) is 1.66. The van der Waals surface area contributed by atoms with Gasteiger partial charge in [-0.05, 0) is 20.3 Å². The average molecular weight is 219 g/mol. The van der Waals surface area contributed by atoms with Crippen molar-refractivity contribution < 1.29 is 0 Å². The largest absolute Gasteiger partial charge is 0.368 e. The van der Waals surface area contributed by atoms with Gasteiger partial charge in [-0.1, -0.05) is 13.3 Å². The molecule has 5 nitrogen and oxygen atoms in total. The van der Waals surface area contributed by atoms with Crippen LogP contribution in [0.5, 0.6) is 0 Å². The van der Waals surface area contributed by atoms with Crippen LogP contribution in [0, 0.1) is 13.8 Å². The Kier molecular flexibility index (Phi) is 2.77. The SMILES string of the molecule is CCCCc1nc2c(C)c(C)nc(N)n2n1. The maximum atomic E-state index is 5.82. The third-order valence-electron chi connectivity index (χ3n) is 2.78. The molecule has 0 unspecified atom stereocenters. The van der Waals surface area contributed by atoms with Crippen LogP contribution < -0.4 is 5.73 Å². The van der Waals surface area contributed by atoms with E-state index in [1.54, 1.807) is 4.52 Å². The molecule has 86 valence electrons. The lowest BCUT2D eigenvalue weighted by Gasteiger charge is -2.02. The van der Waals surface area contributed by atoms with E-state index in [0.29, 0.717) is 5.95 Å². The van der Waals surface area contributed by atoms with E-state index in [-0.39, 0.29) is 0 Å². The number of anilines is 1. The molecule has 0 aliphatic heterocycles. The molecule has 0 spiro atoms. The summed E-state index contributed by atoms with van der Waals surface area (Å²) in [5.74, 6) is 1.26. The lowest BCUT2D eigenvalue weighted by molar-refractivity contribution is 0.747. The molecule has 16 heavy (non-hydrogen) atoms. The second-order valence-corrected chi connectivity index (χ2v) is 4.05. The molecule has 2 N–H and O–H groups in total. The highest BCUT2D eigenvalue weighted by atomic mass is 15.3. The van der Waals surface area contributed by atoms with Crippen LogP contribution in [-0.2, 0) is 6.42 Å². The molecule has 0 aliphatic carbocycles. The van der Waals surface area contributed by atoms with E-state index in [2.05, 4.69) is 22.0 Å². The van der Waals surface area contributed by atoms with E-state index in [4.69, 9.17) is 5.73 Å². The zero-order valence-corrected chi connectivity index (χ0v) is 9.99. The number of hydrogen-bond acceptors (Lipinski definition) is 4. The highest BCUT2D eigenvalue weighted by Gasteiger charge is 2.11. The van der Waals surface area contributed by atoms with Gasteiger partial charge < -0.3 is 5.73 Å². The van der Waals surface area contributed by atoms with E-state index >= 15 is 0 Å². The summed E-state index contributed by atoms with van der Waals surface area (Å²) >= 11 is 0. The van der Waals surface area contributed by atoms with Crippen LogP contribution >= 0.6 is 0 Å². The quantitative estimate of drug-likeness (QED) is 0.852. The number of fused-ring (bicyclic) bond motifs is 1. The Bertz CT molecular complexity index is 515. The lowest BCUT2D eigenvalue weighted by atomic mass is 10.2. The highest BCUT2D eigenvalue weighted by molar-refractivity contribution is 5.52. The molecule has 0 saturated heterocycles. The van der Waals surface area contributed by atoms with Gasteiger partial charge in [-0.15, -0.1) is 5.10 Å². The molecule has 0 atom stereocenters. The van der Waals surface area contributed by atoms with Gasteiger partial charge in [0.05, 0.1) is 0 Å². The Hall–Kier alpha value is -1.65. The first-order valence-corrected chi connectivity index (χ1v) is 5.61. The van der Waals surface area contributed by atoms with Crippen molar-refractivity contribution >= 4 is 11.6 Å². The van der Waals surface area contributed by atoms with Gasteiger partial charge in [0.25, 0.3) is 0 Å². The molecule has 0 aliphatic rings. The monoisotopic (exact) mass is 219 g/mol. The number of aryl methyl sites for hydroxylation is 3. The normalized spacial score (nSPS) is 11.2. The Morgan fingerprint density at radius 3 is 2.69 bits per heavy atom. The van der Waals surface area contributed by atoms with Crippen molar-refractivity contribution in [3.8, 4) is 0 Å². The highest BCUT2D eigenvalue weighted by Crippen LogP contribution is 2.14. The molecule has 2 aromatic rings. The Morgan fingerprint density at radius 2 is 2.00 bits per heavy atom. The summed E-state index contributed by atoms with van der Waals surface area (Å²) in [4.78, 5) is 8.74. The molecule has 2 aromatic heterocycles. The van der Waals surface area contributed by atoms with Gasteiger partial charge in [0, 0.05) is 17.7 Å². The summed E-state index contributed by atoms with van der Waals surface area (Å²) in [6.07, 6.45) is 3.14. The first kappa shape index (κ1) is 10.9. The van der Waals surface area contributed by atoms with Crippen LogP contribution in [0.25, 0.3) is 5.65 Å². The fourth-order valence-electron chi connectivity index (χ4n) is 1.66. The molecule has 0 fully saturated rings. The summed E-state index contributed by atoms with van der Waals surface area (Å²) < 4.78 is 1.63. The van der Waals surface area contributed by atoms with Gasteiger partial charge in [-0.25, -0.2) is 9.97 Å². The molecule has 2 heterocycles. The first-order valence-electron chi connectivity index (χ1n) is 5.61. The number of nitrogens with zero attached hydrogens (tertiary/aromatic N) is 4. The Balaban J connectivity index is 2.52. The van der Waals surface area contributed by atoms with Crippen molar-refractivity contribution in [2.75, 3.05) is 5.73 Å². The average Bonchev–Trinajstić information content (AvgIpc) is 2.68. The van der Waals surface area contributed by atoms with Gasteiger partial charge in [0.2, 0.25) is 5.95 Å². The zero-order valence-electron chi connectivity index (χ0n) is 9.99. The van der Waals surface area contributed by atoms with E-state index < -0.39 is 0 Å². The minimum atomic E-state index is 0.411. The number of nitrogen functional groups attached to an aromatic ring is 1. The van der Waals surface area contributed by atoms with Gasteiger partial charge in [-0.2, -0.15) is 4.52 Å². The lowest BCUT2D eigenvalue weighted by Crippen LogP contribution is -2.05. The summed E-state index contributed by atoms with van der Waals surface area (Å²) in [5.41, 5.74) is 8.61. The second-order valence-electron chi connectivity index (χ2n) is 4.05. The molecular formula is C11H17N5. The molecular weight excluding hydrogens is 202 g/mol. The summed E-state index contributed by atoms with van der Waals surface area (Å²) in [6.45, 7) is 6.09. The van der Waals surface area contributed by atoms with Gasteiger partial charge in [0.15, 0.2) is 11.5 Å². The minimum absolute atomic E-state index is 0.411. The number of hydrogen-bond donors (Lipinski definition) is 1. The maximum absolute atomic E-state index is 5.82. The fraction of sp³-hybridized carbons (Fsp3) is 0.545. The second kappa shape index (κ2) is 4.08. The number of unbranched alkanes of at least 4 members (excludes halogenated alkanes) is 1. The van der Waals surface area contributed by atoms with Crippen LogP contribution in [0.15, 0.2) is 0 Å². The maximum Gasteiger partial charge on any atom is 0.223 e. The van der Waals surface area contributed by atoms with Crippen molar-refractivity contribution in [2.24, 2.45) is 0 Å². The smallest absolute Gasteiger partial charge is 0.223 e. The van der Waals surface area contributed by atoms with E-state index in [9.17, 15) is 0 Å². The third-order valence-corrected chi connectivity index (χ3v) is 2.78. The van der Waals surface area contributed by atoms with Gasteiger partial charge >= 0.3 is 0 Å². The van der Waals surface area contributed by atoms with Gasteiger partial charge in [0.1, 0.15) is 0 Å². The molecule has 0 aromatic carbocycles. The molecule has 2 rings (SSSR count). The van der Waals surface area contributed by atoms with Crippen LogP contribution in [-0.4, -0.2) is 19.6 Å². The van der Waals surface area contributed by atoms with Crippen molar-refractivity contribution in [3.05, 3.63) is 17.1 Å². The Morgan fingerprint density at radius 1 is 1.25 bits per heavy atom. The van der Waals surface area contributed by atoms with Crippen molar-refractivity contribution in [3.63, 3.8) is 0 Å². The van der Waals surface area contributed by atoms with E-state index in [1.165, 1.54) is 0 Å². The molecule has 0 bridgehead atoms. The summed E-state index contributed by atoms with van der Waals surface area (Å²) in [7, 11) is 0. The van der Waals surface area contributed by atoms with Crippen molar-refractivity contribution in [2.45, 2.75) is 40.0 Å². The van der Waals surface area contributed by atoms with Crippen LogP contribution in [0.1, 0.15) is 36.8 Å². The Labute approximate surface area is 94.7 Å². The minimum Gasteiger partial charge on any atom is -0.368 e. The molecule has 5 heteroatoms. The number of nitrogens with two attached hydrogens (primary N) is 1. The number of aromatic nitrogens is 4. The topological polar surface area (TPSA) is 69.1 Å².